The Kier molecular flexibility index (Phi) is 8.64. The lowest BCUT2D eigenvalue weighted by atomic mass is 9.96. The van der Waals surface area contributed by atoms with Crippen LogP contribution in [0.15, 0.2) is 52.5 Å². The van der Waals surface area contributed by atoms with Gasteiger partial charge in [-0.05, 0) is 52.0 Å². The second-order valence-electron chi connectivity index (χ2n) is 7.80. The molecular formula is C22H30ClN3O3. The van der Waals surface area contributed by atoms with Crippen LogP contribution in [-0.2, 0) is 28.4 Å². The molecule has 1 heterocycles. The van der Waals surface area contributed by atoms with E-state index in [4.69, 9.17) is 11.6 Å². The summed E-state index contributed by atoms with van der Waals surface area (Å²) in [5.41, 5.74) is 2.65. The van der Waals surface area contributed by atoms with E-state index in [-0.39, 0.29) is 5.60 Å². The van der Waals surface area contributed by atoms with Gasteiger partial charge < -0.3 is 18.7 Å². The third kappa shape index (κ3) is 7.06. The number of carbonyl (C=O) groups is 2. The summed E-state index contributed by atoms with van der Waals surface area (Å²) in [4.78, 5) is 24.2. The van der Waals surface area contributed by atoms with Crippen LogP contribution in [0.25, 0.3) is 11.0 Å². The fourth-order valence-electron chi connectivity index (χ4n) is 2.64. The molecule has 0 radical (unpaired) electrons. The molecule has 0 N–H and O–H groups in total. The Labute approximate surface area is 177 Å². The average Bonchev–Trinajstić information content (AvgIpc) is 3.13. The first-order valence-electron chi connectivity index (χ1n) is 9.16. The van der Waals surface area contributed by atoms with Crippen LogP contribution in [0.1, 0.15) is 27.7 Å². The molecule has 6 nitrogen and oxygen atoms in total. The van der Waals surface area contributed by atoms with E-state index < -0.39 is 5.41 Å². The molecule has 0 saturated carbocycles. The minimum absolute atomic E-state index is 0.318. The van der Waals surface area contributed by atoms with Crippen LogP contribution in [0, 0.1) is 5.41 Å². The van der Waals surface area contributed by atoms with Crippen molar-refractivity contribution in [1.29, 1.82) is 0 Å². The molecular weight excluding hydrogens is 390 g/mol. The maximum Gasteiger partial charge on any atom is 0.293 e. The Hall–Kier alpha value is -2.60. The highest BCUT2D eigenvalue weighted by Crippen LogP contribution is 2.28. The van der Waals surface area contributed by atoms with Crippen LogP contribution >= 0.6 is 11.6 Å². The number of imidazole rings is 1. The SMILES string of the molecule is CC(C)(C)OC=O.CC1(C=O)C=CC(Cl)=C1.CN=c1n(C)c2ccccc2n1C. The first-order valence-corrected chi connectivity index (χ1v) is 9.54. The van der Waals surface area contributed by atoms with Crippen LogP contribution in [0.3, 0.4) is 0 Å². The molecule has 158 valence electrons. The van der Waals surface area contributed by atoms with Gasteiger partial charge in [0.05, 0.1) is 16.4 Å². The third-order valence-corrected chi connectivity index (χ3v) is 4.35. The number of benzene rings is 1. The molecule has 0 spiro atoms. The highest BCUT2D eigenvalue weighted by atomic mass is 35.5. The maximum absolute atomic E-state index is 10.3. The van der Waals surface area contributed by atoms with E-state index in [9.17, 15) is 9.59 Å². The smallest absolute Gasteiger partial charge is 0.293 e. The van der Waals surface area contributed by atoms with Gasteiger partial charge in [0.1, 0.15) is 11.9 Å². The second-order valence-corrected chi connectivity index (χ2v) is 8.24. The zero-order chi connectivity index (χ0) is 22.2. The summed E-state index contributed by atoms with van der Waals surface area (Å²) in [5.74, 6) is 0. The van der Waals surface area contributed by atoms with E-state index in [1.54, 1.807) is 18.2 Å². The first kappa shape index (κ1) is 24.4. The van der Waals surface area contributed by atoms with Crippen LogP contribution in [0.2, 0.25) is 0 Å². The predicted octanol–water partition coefficient (Wildman–Crippen LogP) is 3.89. The summed E-state index contributed by atoms with van der Waals surface area (Å²) in [6.45, 7) is 7.73. The normalized spacial score (nSPS) is 17.4. The molecule has 0 fully saturated rings. The lowest BCUT2D eigenvalue weighted by Gasteiger charge is -2.14. The molecule has 1 unspecified atom stereocenters. The number of para-hydroxylation sites is 2. The van der Waals surface area contributed by atoms with E-state index in [2.05, 4.69) is 31.0 Å². The maximum atomic E-state index is 10.3. The topological polar surface area (TPSA) is 65.6 Å². The number of rotatable bonds is 2. The Morgan fingerprint density at radius 2 is 1.62 bits per heavy atom. The van der Waals surface area contributed by atoms with Crippen molar-refractivity contribution in [2.45, 2.75) is 33.3 Å². The van der Waals surface area contributed by atoms with Crippen LogP contribution in [0.4, 0.5) is 0 Å². The zero-order valence-electron chi connectivity index (χ0n) is 18.1. The molecule has 1 aliphatic carbocycles. The number of hydrogen-bond acceptors (Lipinski definition) is 4. The third-order valence-electron chi connectivity index (χ3n) is 4.11. The zero-order valence-corrected chi connectivity index (χ0v) is 18.9. The van der Waals surface area contributed by atoms with Gasteiger partial charge in [0.15, 0.2) is 0 Å². The molecule has 3 rings (SSSR count). The number of hydrogen-bond donors (Lipinski definition) is 0. The van der Waals surface area contributed by atoms with Gasteiger partial charge in [-0.3, -0.25) is 9.79 Å². The number of halogens is 1. The van der Waals surface area contributed by atoms with Crippen molar-refractivity contribution in [2.24, 2.45) is 24.5 Å². The number of aldehydes is 1. The summed E-state index contributed by atoms with van der Waals surface area (Å²) < 4.78 is 8.73. The number of fused-ring (bicyclic) bond motifs is 1. The average molecular weight is 420 g/mol. The summed E-state index contributed by atoms with van der Waals surface area (Å²) >= 11 is 5.59. The van der Waals surface area contributed by atoms with E-state index in [1.165, 1.54) is 11.0 Å². The molecule has 1 aromatic carbocycles. The minimum Gasteiger partial charge on any atom is -0.462 e. The van der Waals surface area contributed by atoms with E-state index in [0.717, 1.165) is 11.9 Å². The summed E-state index contributed by atoms with van der Waals surface area (Å²) in [6.07, 6.45) is 6.11. The Morgan fingerprint density at radius 3 is 1.86 bits per heavy atom. The quantitative estimate of drug-likeness (QED) is 0.693. The summed E-state index contributed by atoms with van der Waals surface area (Å²) in [7, 11) is 5.88. The molecule has 0 bridgehead atoms. The second kappa shape index (κ2) is 10.3. The number of nitrogens with zero attached hydrogens (tertiary/aromatic N) is 3. The van der Waals surface area contributed by atoms with Crippen LogP contribution in [0.5, 0.6) is 0 Å². The fraction of sp³-hybridized carbons (Fsp3) is 0.409. The van der Waals surface area contributed by atoms with Crippen molar-refractivity contribution >= 4 is 35.4 Å². The number of aryl methyl sites for hydroxylation is 2. The molecule has 0 amide bonds. The fourth-order valence-corrected chi connectivity index (χ4v) is 2.94. The summed E-state index contributed by atoms with van der Waals surface area (Å²) in [6, 6.07) is 8.29. The molecule has 7 heteroatoms. The van der Waals surface area contributed by atoms with Gasteiger partial charge in [-0.15, -0.1) is 0 Å². The predicted molar refractivity (Wildman–Crippen MR) is 118 cm³/mol. The highest BCUT2D eigenvalue weighted by molar-refractivity contribution is 6.31. The molecule has 1 atom stereocenters. The number of carbonyl (C=O) groups excluding carboxylic acids is 2. The van der Waals surface area contributed by atoms with Crippen molar-refractivity contribution in [1.82, 2.24) is 9.13 Å². The monoisotopic (exact) mass is 419 g/mol. The van der Waals surface area contributed by atoms with Gasteiger partial charge in [0.25, 0.3) is 6.47 Å². The lowest BCUT2D eigenvalue weighted by molar-refractivity contribution is -0.138. The number of ether oxygens (including phenoxy) is 1. The van der Waals surface area contributed by atoms with E-state index in [0.29, 0.717) is 11.5 Å². The molecule has 1 aromatic heterocycles. The van der Waals surface area contributed by atoms with Crippen molar-refractivity contribution in [3.63, 3.8) is 0 Å². The van der Waals surface area contributed by atoms with E-state index in [1.807, 2.05) is 61.0 Å². The van der Waals surface area contributed by atoms with Crippen molar-refractivity contribution in [2.75, 3.05) is 7.05 Å². The Bertz CT molecular complexity index is 935. The standard InChI is InChI=1S/C10H13N3.C7H7ClO.C5H10O2/c1-11-10-12(2)8-6-4-5-7-9(8)13(10)3;1-7(5-9)3-2-6(8)4-7;1-5(2,3)7-4-6/h4-7H,1-3H3;2-5H,1H3;4H,1-3H3. The Morgan fingerprint density at radius 1 is 1.10 bits per heavy atom. The van der Waals surface area contributed by atoms with Gasteiger partial charge in [-0.2, -0.15) is 0 Å². The lowest BCUT2D eigenvalue weighted by Crippen LogP contribution is -2.21. The molecule has 2 aromatic rings. The van der Waals surface area contributed by atoms with Crippen LogP contribution < -0.4 is 5.62 Å². The first-order chi connectivity index (χ1) is 13.5. The van der Waals surface area contributed by atoms with Crippen molar-refractivity contribution in [3.05, 3.63) is 53.1 Å². The minimum atomic E-state index is -0.447. The summed E-state index contributed by atoms with van der Waals surface area (Å²) in [5, 5.41) is 0.643. The van der Waals surface area contributed by atoms with Crippen molar-refractivity contribution < 1.29 is 14.3 Å². The van der Waals surface area contributed by atoms with Gasteiger partial charge in [0, 0.05) is 26.2 Å². The molecule has 0 aliphatic heterocycles. The molecule has 0 saturated heterocycles. The largest absolute Gasteiger partial charge is 0.462 e. The Balaban J connectivity index is 0.000000232. The number of allylic oxidation sites excluding steroid dienone is 4. The van der Waals surface area contributed by atoms with Crippen LogP contribution in [-0.4, -0.2) is 34.5 Å². The van der Waals surface area contributed by atoms with Gasteiger partial charge in [0.2, 0.25) is 5.62 Å². The molecule has 29 heavy (non-hydrogen) atoms. The van der Waals surface area contributed by atoms with Crippen molar-refractivity contribution in [3.8, 4) is 0 Å². The highest BCUT2D eigenvalue weighted by Gasteiger charge is 2.20. The van der Waals surface area contributed by atoms with Gasteiger partial charge in [-0.25, -0.2) is 0 Å². The number of aromatic nitrogens is 2. The van der Waals surface area contributed by atoms with Gasteiger partial charge >= 0.3 is 0 Å². The van der Waals surface area contributed by atoms with E-state index >= 15 is 0 Å². The molecule has 1 aliphatic rings. The van der Waals surface area contributed by atoms with Gasteiger partial charge in [-0.1, -0.05) is 29.8 Å².